The first kappa shape index (κ1) is 11.9. The van der Waals surface area contributed by atoms with Crippen LogP contribution in [-0.4, -0.2) is 23.2 Å². The molecule has 2 saturated carbocycles. The van der Waals surface area contributed by atoms with E-state index in [4.69, 9.17) is 0 Å². The van der Waals surface area contributed by atoms with Crippen molar-refractivity contribution in [1.29, 1.82) is 0 Å². The maximum Gasteiger partial charge on any atom is 0.225 e. The zero-order valence-electron chi connectivity index (χ0n) is 10.3. The van der Waals surface area contributed by atoms with Crippen LogP contribution in [-0.2, 0) is 4.79 Å². The Bertz CT molecular complexity index is 275. The van der Waals surface area contributed by atoms with Crippen LogP contribution in [0, 0.1) is 11.3 Å². The highest BCUT2D eigenvalue weighted by molar-refractivity contribution is 5.80. The van der Waals surface area contributed by atoms with Crippen LogP contribution in [0.15, 0.2) is 0 Å². The van der Waals surface area contributed by atoms with Crippen molar-refractivity contribution in [3.8, 4) is 0 Å². The number of amides is 1. The molecule has 2 rings (SSSR count). The first-order valence-electron chi connectivity index (χ1n) is 6.49. The summed E-state index contributed by atoms with van der Waals surface area (Å²) in [6.45, 7) is 4.44. The molecule has 0 spiro atoms. The number of hydrogen-bond acceptors (Lipinski definition) is 2. The average Bonchev–Trinajstić information content (AvgIpc) is 2.74. The summed E-state index contributed by atoms with van der Waals surface area (Å²) < 4.78 is 0. The van der Waals surface area contributed by atoms with E-state index in [1.54, 1.807) is 0 Å². The molecule has 3 atom stereocenters. The van der Waals surface area contributed by atoms with Crippen LogP contribution in [0.1, 0.15) is 52.4 Å². The van der Waals surface area contributed by atoms with E-state index < -0.39 is 6.10 Å². The highest BCUT2D eigenvalue weighted by atomic mass is 16.3. The Morgan fingerprint density at radius 1 is 1.25 bits per heavy atom. The van der Waals surface area contributed by atoms with Crippen molar-refractivity contribution in [2.75, 3.05) is 0 Å². The van der Waals surface area contributed by atoms with Crippen LogP contribution in [0.3, 0.4) is 0 Å². The molecule has 0 bridgehead atoms. The van der Waals surface area contributed by atoms with Gasteiger partial charge in [-0.3, -0.25) is 4.79 Å². The SMILES string of the molecule is CC1(C)CCCC1NC(=O)C1CCCC1O. The van der Waals surface area contributed by atoms with Gasteiger partial charge in [0.15, 0.2) is 0 Å². The van der Waals surface area contributed by atoms with E-state index in [9.17, 15) is 9.90 Å². The Hall–Kier alpha value is -0.570. The lowest BCUT2D eigenvalue weighted by molar-refractivity contribution is -0.128. The van der Waals surface area contributed by atoms with Gasteiger partial charge in [-0.15, -0.1) is 0 Å². The fourth-order valence-corrected chi connectivity index (χ4v) is 3.12. The van der Waals surface area contributed by atoms with Crippen molar-refractivity contribution >= 4 is 5.91 Å². The van der Waals surface area contributed by atoms with Gasteiger partial charge in [-0.05, 0) is 37.5 Å². The normalized spacial score (nSPS) is 37.6. The second-order valence-electron chi connectivity index (χ2n) is 6.05. The number of nitrogens with one attached hydrogen (secondary N) is 1. The first-order valence-corrected chi connectivity index (χ1v) is 6.49. The number of aliphatic hydroxyl groups excluding tert-OH is 1. The predicted molar refractivity (Wildman–Crippen MR) is 62.9 cm³/mol. The van der Waals surface area contributed by atoms with E-state index in [1.807, 2.05) is 0 Å². The predicted octanol–water partition coefficient (Wildman–Crippen LogP) is 1.84. The molecular weight excluding hydrogens is 202 g/mol. The van der Waals surface area contributed by atoms with Crippen LogP contribution in [0.25, 0.3) is 0 Å². The molecule has 3 nitrogen and oxygen atoms in total. The van der Waals surface area contributed by atoms with Crippen molar-refractivity contribution < 1.29 is 9.90 Å². The summed E-state index contributed by atoms with van der Waals surface area (Å²) in [5, 5.41) is 12.8. The molecule has 0 aliphatic heterocycles. The second kappa shape index (κ2) is 4.36. The molecule has 0 radical (unpaired) electrons. The first-order chi connectivity index (χ1) is 7.50. The Morgan fingerprint density at radius 2 is 2.00 bits per heavy atom. The molecule has 2 N–H and O–H groups in total. The molecule has 0 aromatic carbocycles. The highest BCUT2D eigenvalue weighted by Gasteiger charge is 2.38. The monoisotopic (exact) mass is 225 g/mol. The summed E-state index contributed by atoms with van der Waals surface area (Å²) >= 11 is 0. The van der Waals surface area contributed by atoms with E-state index in [0.717, 1.165) is 25.7 Å². The Labute approximate surface area is 97.6 Å². The summed E-state index contributed by atoms with van der Waals surface area (Å²) in [5.74, 6) is -0.0821. The minimum absolute atomic E-state index is 0.0741. The fourth-order valence-electron chi connectivity index (χ4n) is 3.12. The van der Waals surface area contributed by atoms with Gasteiger partial charge in [-0.2, -0.15) is 0 Å². The van der Waals surface area contributed by atoms with Crippen molar-refractivity contribution in [2.24, 2.45) is 11.3 Å². The molecule has 16 heavy (non-hydrogen) atoms. The topological polar surface area (TPSA) is 49.3 Å². The molecule has 3 heteroatoms. The molecule has 0 saturated heterocycles. The van der Waals surface area contributed by atoms with Gasteiger partial charge >= 0.3 is 0 Å². The van der Waals surface area contributed by atoms with Gasteiger partial charge < -0.3 is 10.4 Å². The number of rotatable bonds is 2. The summed E-state index contributed by atoms with van der Waals surface area (Å²) in [7, 11) is 0. The van der Waals surface area contributed by atoms with Gasteiger partial charge in [0, 0.05) is 6.04 Å². The zero-order valence-corrected chi connectivity index (χ0v) is 10.3. The summed E-state index contributed by atoms with van der Waals surface area (Å²) in [6, 6.07) is 0.299. The average molecular weight is 225 g/mol. The van der Waals surface area contributed by atoms with Gasteiger partial charge in [-0.25, -0.2) is 0 Å². The molecule has 0 aromatic rings. The highest BCUT2D eigenvalue weighted by Crippen LogP contribution is 2.37. The third-order valence-corrected chi connectivity index (χ3v) is 4.39. The zero-order chi connectivity index (χ0) is 11.8. The lowest BCUT2D eigenvalue weighted by Crippen LogP contribution is -2.45. The molecule has 1 amide bonds. The molecule has 2 fully saturated rings. The minimum atomic E-state index is -0.412. The lowest BCUT2D eigenvalue weighted by atomic mass is 9.87. The number of hydrogen-bond donors (Lipinski definition) is 2. The van der Waals surface area contributed by atoms with E-state index >= 15 is 0 Å². The maximum atomic E-state index is 12.0. The molecule has 0 heterocycles. The van der Waals surface area contributed by atoms with Crippen LogP contribution >= 0.6 is 0 Å². The fraction of sp³-hybridized carbons (Fsp3) is 0.923. The van der Waals surface area contributed by atoms with Gasteiger partial charge in [0.25, 0.3) is 0 Å². The van der Waals surface area contributed by atoms with E-state index in [0.29, 0.717) is 6.04 Å². The standard InChI is InChI=1S/C13H23NO2/c1-13(2)8-4-7-11(13)14-12(16)9-5-3-6-10(9)15/h9-11,15H,3-8H2,1-2H3,(H,14,16). The van der Waals surface area contributed by atoms with Crippen molar-refractivity contribution in [1.82, 2.24) is 5.32 Å². The van der Waals surface area contributed by atoms with Crippen LogP contribution in [0.5, 0.6) is 0 Å². The van der Waals surface area contributed by atoms with Gasteiger partial charge in [0.2, 0.25) is 5.91 Å². The molecule has 0 aromatic heterocycles. The summed E-state index contributed by atoms with van der Waals surface area (Å²) in [6.07, 6.45) is 5.67. The quantitative estimate of drug-likeness (QED) is 0.753. The molecule has 3 unspecified atom stereocenters. The molecule has 2 aliphatic rings. The van der Waals surface area contributed by atoms with E-state index in [2.05, 4.69) is 19.2 Å². The maximum absolute atomic E-state index is 12.0. The van der Waals surface area contributed by atoms with Gasteiger partial charge in [0.05, 0.1) is 12.0 Å². The lowest BCUT2D eigenvalue weighted by Gasteiger charge is -2.29. The van der Waals surface area contributed by atoms with E-state index in [-0.39, 0.29) is 17.2 Å². The second-order valence-corrected chi connectivity index (χ2v) is 6.05. The largest absolute Gasteiger partial charge is 0.392 e. The van der Waals surface area contributed by atoms with Crippen molar-refractivity contribution in [2.45, 2.75) is 64.5 Å². The smallest absolute Gasteiger partial charge is 0.225 e. The summed E-state index contributed by atoms with van der Waals surface area (Å²) in [5.41, 5.74) is 0.221. The van der Waals surface area contributed by atoms with Gasteiger partial charge in [0.1, 0.15) is 0 Å². The Balaban J connectivity index is 1.92. The van der Waals surface area contributed by atoms with Crippen LogP contribution in [0.4, 0.5) is 0 Å². The van der Waals surface area contributed by atoms with Crippen LogP contribution < -0.4 is 5.32 Å². The summed E-state index contributed by atoms with van der Waals surface area (Å²) in [4.78, 5) is 12.0. The Morgan fingerprint density at radius 3 is 2.50 bits per heavy atom. The third-order valence-electron chi connectivity index (χ3n) is 4.39. The number of carbonyl (C=O) groups excluding carboxylic acids is 1. The van der Waals surface area contributed by atoms with Gasteiger partial charge in [-0.1, -0.05) is 20.3 Å². The third kappa shape index (κ3) is 2.24. The Kier molecular flexibility index (Phi) is 3.24. The number of carbonyl (C=O) groups is 1. The van der Waals surface area contributed by atoms with Crippen LogP contribution in [0.2, 0.25) is 0 Å². The minimum Gasteiger partial charge on any atom is -0.392 e. The number of aliphatic hydroxyl groups is 1. The van der Waals surface area contributed by atoms with E-state index in [1.165, 1.54) is 12.8 Å². The van der Waals surface area contributed by atoms with Crippen molar-refractivity contribution in [3.05, 3.63) is 0 Å². The molecular formula is C13H23NO2. The molecule has 92 valence electrons. The van der Waals surface area contributed by atoms with Crippen molar-refractivity contribution in [3.63, 3.8) is 0 Å². The molecule has 2 aliphatic carbocycles.